The van der Waals surface area contributed by atoms with Crippen molar-refractivity contribution in [2.24, 2.45) is 5.92 Å². The van der Waals surface area contributed by atoms with Gasteiger partial charge in [-0.1, -0.05) is 30.7 Å². The van der Waals surface area contributed by atoms with Crippen molar-refractivity contribution >= 4 is 28.8 Å². The predicted octanol–water partition coefficient (Wildman–Crippen LogP) is 4.22. The van der Waals surface area contributed by atoms with Crippen LogP contribution in [-0.2, 0) is 0 Å². The molecule has 3 nitrogen and oxygen atoms in total. The molecule has 0 aromatic heterocycles. The van der Waals surface area contributed by atoms with Crippen LogP contribution in [-0.4, -0.2) is 24.2 Å². The van der Waals surface area contributed by atoms with Crippen LogP contribution in [0.5, 0.6) is 11.5 Å². The van der Waals surface area contributed by atoms with Gasteiger partial charge in [0.1, 0.15) is 18.1 Å². The van der Waals surface area contributed by atoms with Crippen molar-refractivity contribution in [1.82, 2.24) is 5.32 Å². The van der Waals surface area contributed by atoms with Gasteiger partial charge in [-0.05, 0) is 38.3 Å². The minimum atomic E-state index is 0.181. The maximum atomic E-state index is 6.21. The smallest absolute Gasteiger partial charge is 0.138 e. The van der Waals surface area contributed by atoms with Crippen LogP contribution in [0, 0.1) is 5.92 Å². The van der Waals surface area contributed by atoms with E-state index in [0.717, 1.165) is 17.2 Å². The zero-order valence-electron chi connectivity index (χ0n) is 12.5. The van der Waals surface area contributed by atoms with Gasteiger partial charge in [-0.15, -0.1) is 0 Å². The molecule has 1 aliphatic carbocycles. The highest BCUT2D eigenvalue weighted by molar-refractivity contribution is 7.80. The Morgan fingerprint density at radius 3 is 2.86 bits per heavy atom. The van der Waals surface area contributed by atoms with Gasteiger partial charge in [0.2, 0.25) is 0 Å². The quantitative estimate of drug-likeness (QED) is 0.572. The van der Waals surface area contributed by atoms with Crippen LogP contribution in [0.2, 0.25) is 5.02 Å². The maximum absolute atomic E-state index is 6.21. The molecule has 2 rings (SSSR count). The highest BCUT2D eigenvalue weighted by Gasteiger charge is 2.25. The molecule has 0 heterocycles. The summed E-state index contributed by atoms with van der Waals surface area (Å²) in [5, 5.41) is 3.79. The minimum Gasteiger partial charge on any atom is -0.491 e. The van der Waals surface area contributed by atoms with E-state index >= 15 is 0 Å². The Bertz CT molecular complexity index is 491. The number of hydrogen-bond acceptors (Lipinski definition) is 3. The van der Waals surface area contributed by atoms with Gasteiger partial charge in [0.05, 0.1) is 16.1 Å². The average molecular weight is 328 g/mol. The second-order valence-corrected chi connectivity index (χ2v) is 6.19. The Morgan fingerprint density at radius 2 is 2.24 bits per heavy atom. The molecule has 1 aromatic carbocycles. The second kappa shape index (κ2) is 7.85. The number of nitrogens with one attached hydrogen (secondary N) is 1. The molecule has 21 heavy (non-hydrogen) atoms. The summed E-state index contributed by atoms with van der Waals surface area (Å²) in [4.78, 5) is 0.960. The summed E-state index contributed by atoms with van der Waals surface area (Å²) in [5.74, 6) is 2.04. The van der Waals surface area contributed by atoms with Gasteiger partial charge >= 0.3 is 0 Å². The lowest BCUT2D eigenvalue weighted by molar-refractivity contribution is 0.217. The van der Waals surface area contributed by atoms with E-state index in [1.807, 2.05) is 19.1 Å². The number of ether oxygens (including phenoxy) is 2. The van der Waals surface area contributed by atoms with Gasteiger partial charge in [0.25, 0.3) is 0 Å². The molecule has 0 bridgehead atoms. The van der Waals surface area contributed by atoms with Crippen LogP contribution >= 0.6 is 23.8 Å². The molecule has 0 radical (unpaired) electrons. The number of hydrogen-bond donors (Lipinski definition) is 1. The SMILES string of the molecule is CCC(C)Oc1ccc(OCCNC(=S)C2CC2)c(Cl)c1. The molecule has 0 amide bonds. The van der Waals surface area contributed by atoms with E-state index in [-0.39, 0.29) is 6.10 Å². The van der Waals surface area contributed by atoms with Gasteiger partial charge in [0.15, 0.2) is 0 Å². The highest BCUT2D eigenvalue weighted by Crippen LogP contribution is 2.30. The van der Waals surface area contributed by atoms with Gasteiger partial charge in [0, 0.05) is 18.5 Å². The maximum Gasteiger partial charge on any atom is 0.138 e. The molecule has 116 valence electrons. The number of halogens is 1. The fraction of sp³-hybridized carbons (Fsp3) is 0.562. The van der Waals surface area contributed by atoms with Gasteiger partial charge < -0.3 is 14.8 Å². The first-order valence-corrected chi connectivity index (χ1v) is 8.25. The van der Waals surface area contributed by atoms with Crippen LogP contribution < -0.4 is 14.8 Å². The summed E-state index contributed by atoms with van der Waals surface area (Å²) in [5.41, 5.74) is 0. The van der Waals surface area contributed by atoms with Crippen molar-refractivity contribution in [3.8, 4) is 11.5 Å². The molecule has 1 N–H and O–H groups in total. The summed E-state index contributed by atoms with van der Waals surface area (Å²) in [7, 11) is 0. The number of rotatable bonds is 8. The van der Waals surface area contributed by atoms with E-state index in [2.05, 4.69) is 12.2 Å². The summed E-state index contributed by atoms with van der Waals surface area (Å²) >= 11 is 11.5. The third kappa shape index (κ3) is 5.36. The second-order valence-electron chi connectivity index (χ2n) is 5.34. The molecule has 0 saturated heterocycles. The minimum absolute atomic E-state index is 0.181. The number of thiocarbonyl (C=S) groups is 1. The Balaban J connectivity index is 1.76. The van der Waals surface area contributed by atoms with E-state index in [9.17, 15) is 0 Å². The summed E-state index contributed by atoms with van der Waals surface area (Å²) in [6.07, 6.45) is 3.58. The standard InChI is InChI=1S/C16H22ClNO2S/c1-3-11(2)20-13-6-7-15(14(17)10-13)19-9-8-18-16(21)12-4-5-12/h6-7,10-12H,3-5,8-9H2,1-2H3,(H,18,21). The molecule has 1 atom stereocenters. The van der Waals surface area contributed by atoms with E-state index in [1.54, 1.807) is 6.07 Å². The van der Waals surface area contributed by atoms with Gasteiger partial charge in [-0.2, -0.15) is 0 Å². The lowest BCUT2D eigenvalue weighted by Crippen LogP contribution is -2.27. The molecule has 5 heteroatoms. The van der Waals surface area contributed by atoms with Crippen LogP contribution in [0.4, 0.5) is 0 Å². The summed E-state index contributed by atoms with van der Waals surface area (Å²) in [6, 6.07) is 5.53. The van der Waals surface area contributed by atoms with E-state index in [1.165, 1.54) is 12.8 Å². The Labute approximate surface area is 137 Å². The van der Waals surface area contributed by atoms with Crippen molar-refractivity contribution < 1.29 is 9.47 Å². The third-order valence-electron chi connectivity index (χ3n) is 3.42. The van der Waals surface area contributed by atoms with Crippen molar-refractivity contribution in [2.45, 2.75) is 39.2 Å². The molecule has 1 aromatic rings. The molecule has 1 unspecified atom stereocenters. The first kappa shape index (κ1) is 16.4. The first-order chi connectivity index (χ1) is 10.1. The number of benzene rings is 1. The fourth-order valence-electron chi connectivity index (χ4n) is 1.81. The van der Waals surface area contributed by atoms with E-state index in [4.69, 9.17) is 33.3 Å². The highest BCUT2D eigenvalue weighted by atomic mass is 35.5. The molecule has 1 aliphatic rings. The third-order valence-corrected chi connectivity index (χ3v) is 4.20. The molecular formula is C16H22ClNO2S. The average Bonchev–Trinajstić information content (AvgIpc) is 3.29. The molecule has 1 saturated carbocycles. The summed E-state index contributed by atoms with van der Waals surface area (Å²) in [6.45, 7) is 5.37. The van der Waals surface area contributed by atoms with Crippen LogP contribution in [0.1, 0.15) is 33.1 Å². The summed E-state index contributed by atoms with van der Waals surface area (Å²) < 4.78 is 11.4. The van der Waals surface area contributed by atoms with Crippen molar-refractivity contribution in [1.29, 1.82) is 0 Å². The zero-order chi connectivity index (χ0) is 15.2. The Kier molecular flexibility index (Phi) is 6.12. The van der Waals surface area contributed by atoms with Crippen molar-refractivity contribution in [3.05, 3.63) is 23.2 Å². The van der Waals surface area contributed by atoms with Crippen molar-refractivity contribution in [2.75, 3.05) is 13.2 Å². The monoisotopic (exact) mass is 327 g/mol. The fourth-order valence-corrected chi connectivity index (χ4v) is 2.38. The molecular weight excluding hydrogens is 306 g/mol. The van der Waals surface area contributed by atoms with Gasteiger partial charge in [-0.25, -0.2) is 0 Å². The topological polar surface area (TPSA) is 30.5 Å². The van der Waals surface area contributed by atoms with Gasteiger partial charge in [-0.3, -0.25) is 0 Å². The van der Waals surface area contributed by atoms with Crippen LogP contribution in [0.3, 0.4) is 0 Å². The molecule has 0 spiro atoms. The lowest BCUT2D eigenvalue weighted by Gasteiger charge is -2.14. The lowest BCUT2D eigenvalue weighted by atomic mass is 10.3. The first-order valence-electron chi connectivity index (χ1n) is 7.47. The van der Waals surface area contributed by atoms with Crippen LogP contribution in [0.15, 0.2) is 18.2 Å². The van der Waals surface area contributed by atoms with E-state index in [0.29, 0.717) is 29.8 Å². The Morgan fingerprint density at radius 1 is 1.48 bits per heavy atom. The predicted molar refractivity (Wildman–Crippen MR) is 90.7 cm³/mol. The van der Waals surface area contributed by atoms with Crippen molar-refractivity contribution in [3.63, 3.8) is 0 Å². The molecule has 1 fully saturated rings. The largest absolute Gasteiger partial charge is 0.491 e. The normalized spacial score (nSPS) is 15.4. The molecule has 0 aliphatic heterocycles. The van der Waals surface area contributed by atoms with Crippen LogP contribution in [0.25, 0.3) is 0 Å². The zero-order valence-corrected chi connectivity index (χ0v) is 14.1. The van der Waals surface area contributed by atoms with E-state index < -0.39 is 0 Å². The Hall–Kier alpha value is -1.00.